The van der Waals surface area contributed by atoms with Crippen molar-refractivity contribution in [2.45, 2.75) is 84.2 Å². The first-order valence-electron chi connectivity index (χ1n) is 13.2. The Morgan fingerprint density at radius 3 is 2.67 bits per heavy atom. The number of nitrogens with zero attached hydrogens (tertiary/aromatic N) is 1. The third-order valence-electron chi connectivity index (χ3n) is 6.40. The standard InChI is InChI=1S/C30H44ClN3O2/c1-6-8-10-11-13-17-32-29(36)23-19-26(30(3,4)5)25(27(31)20-23)22-34-18-14-15-24(21-34)33-28(35)16-12-9-7-2/h6,8,10-11,13,19-20,24H,1,7,9,12,14-18,21-22H2,2-5H3,(H,32,36)(H,33,35)/b10-8-,13-11+. The van der Waals surface area contributed by atoms with Gasteiger partial charge < -0.3 is 10.6 Å². The van der Waals surface area contributed by atoms with E-state index in [1.54, 1.807) is 12.1 Å². The van der Waals surface area contributed by atoms with Crippen LogP contribution >= 0.6 is 11.6 Å². The lowest BCUT2D eigenvalue weighted by molar-refractivity contribution is -0.122. The molecule has 0 radical (unpaired) electrons. The van der Waals surface area contributed by atoms with Gasteiger partial charge in [-0.25, -0.2) is 0 Å². The zero-order valence-electron chi connectivity index (χ0n) is 22.5. The van der Waals surface area contributed by atoms with Crippen LogP contribution in [0, 0.1) is 0 Å². The van der Waals surface area contributed by atoms with Gasteiger partial charge in [-0.3, -0.25) is 14.5 Å². The summed E-state index contributed by atoms with van der Waals surface area (Å²) in [5, 5.41) is 6.78. The number of unbranched alkanes of at least 4 members (excludes halogenated alkanes) is 2. The third kappa shape index (κ3) is 9.94. The van der Waals surface area contributed by atoms with Gasteiger partial charge in [-0.15, -0.1) is 0 Å². The molecule has 36 heavy (non-hydrogen) atoms. The summed E-state index contributed by atoms with van der Waals surface area (Å²) >= 11 is 6.81. The second-order valence-electron chi connectivity index (χ2n) is 10.6. The van der Waals surface area contributed by atoms with Crippen molar-refractivity contribution in [1.82, 2.24) is 15.5 Å². The molecule has 6 heteroatoms. The van der Waals surface area contributed by atoms with Gasteiger partial charge in [0.1, 0.15) is 0 Å². The number of piperidine rings is 1. The molecule has 1 aliphatic rings. The van der Waals surface area contributed by atoms with Crippen LogP contribution in [0.4, 0.5) is 0 Å². The lowest BCUT2D eigenvalue weighted by atomic mass is 9.82. The SMILES string of the molecule is C=C/C=C\C=C\CNC(=O)c1cc(Cl)c(CN2CCCC(NC(=O)CCCCC)C2)c(C(C)(C)C)c1. The molecule has 1 aromatic carbocycles. The number of nitrogens with one attached hydrogen (secondary N) is 2. The molecular formula is C30H44ClN3O2. The molecule has 198 valence electrons. The first-order chi connectivity index (χ1) is 17.2. The summed E-state index contributed by atoms with van der Waals surface area (Å²) < 4.78 is 0. The molecule has 1 heterocycles. The maximum absolute atomic E-state index is 12.8. The minimum absolute atomic E-state index is 0.143. The Bertz CT molecular complexity index is 946. The molecule has 0 bridgehead atoms. The summed E-state index contributed by atoms with van der Waals surface area (Å²) in [6, 6.07) is 3.93. The van der Waals surface area contributed by atoms with Crippen LogP contribution in [0.2, 0.25) is 5.02 Å². The number of amides is 2. The van der Waals surface area contributed by atoms with E-state index in [2.05, 4.69) is 49.8 Å². The van der Waals surface area contributed by atoms with E-state index in [9.17, 15) is 9.59 Å². The van der Waals surface area contributed by atoms with Crippen LogP contribution in [0.1, 0.15) is 87.7 Å². The van der Waals surface area contributed by atoms with Gasteiger partial charge in [0.15, 0.2) is 0 Å². The number of carbonyl (C=O) groups excluding carboxylic acids is 2. The molecule has 0 spiro atoms. The molecule has 0 aliphatic carbocycles. The second-order valence-corrected chi connectivity index (χ2v) is 11.0. The van der Waals surface area contributed by atoms with Crippen molar-refractivity contribution >= 4 is 23.4 Å². The molecule has 2 N–H and O–H groups in total. The number of hydrogen-bond acceptors (Lipinski definition) is 3. The minimum atomic E-state index is -0.173. The van der Waals surface area contributed by atoms with Crippen molar-refractivity contribution in [1.29, 1.82) is 0 Å². The van der Waals surface area contributed by atoms with Crippen LogP contribution in [0.5, 0.6) is 0 Å². The van der Waals surface area contributed by atoms with Crippen LogP contribution in [-0.2, 0) is 16.8 Å². The molecule has 1 unspecified atom stereocenters. The minimum Gasteiger partial charge on any atom is -0.352 e. The number of halogens is 1. The predicted octanol–water partition coefficient (Wildman–Crippen LogP) is 6.33. The quantitative estimate of drug-likeness (QED) is 0.254. The lowest BCUT2D eigenvalue weighted by Crippen LogP contribution is -2.47. The van der Waals surface area contributed by atoms with Gasteiger partial charge in [0.25, 0.3) is 5.91 Å². The highest BCUT2D eigenvalue weighted by atomic mass is 35.5. The van der Waals surface area contributed by atoms with Crippen molar-refractivity contribution in [3.63, 3.8) is 0 Å². The molecule has 2 rings (SSSR count). The van der Waals surface area contributed by atoms with Gasteiger partial charge in [-0.05, 0) is 54.5 Å². The molecule has 1 aromatic rings. The Balaban J connectivity index is 2.10. The largest absolute Gasteiger partial charge is 0.352 e. The highest BCUT2D eigenvalue weighted by Gasteiger charge is 2.27. The number of benzene rings is 1. The monoisotopic (exact) mass is 513 g/mol. The van der Waals surface area contributed by atoms with Crippen molar-refractivity contribution in [3.8, 4) is 0 Å². The first-order valence-corrected chi connectivity index (χ1v) is 13.6. The van der Waals surface area contributed by atoms with Crippen LogP contribution in [0.15, 0.2) is 49.1 Å². The highest BCUT2D eigenvalue weighted by Crippen LogP contribution is 2.33. The number of carbonyl (C=O) groups is 2. The van der Waals surface area contributed by atoms with Gasteiger partial charge >= 0.3 is 0 Å². The van der Waals surface area contributed by atoms with Gasteiger partial charge in [0, 0.05) is 42.7 Å². The predicted molar refractivity (Wildman–Crippen MR) is 152 cm³/mol. The fourth-order valence-corrected chi connectivity index (χ4v) is 4.80. The molecular weight excluding hydrogens is 470 g/mol. The Morgan fingerprint density at radius 1 is 1.19 bits per heavy atom. The van der Waals surface area contributed by atoms with Crippen LogP contribution in [0.3, 0.4) is 0 Å². The van der Waals surface area contributed by atoms with Gasteiger partial charge in [-0.1, -0.05) is 89.1 Å². The summed E-state index contributed by atoms with van der Waals surface area (Å²) in [5.41, 5.74) is 2.54. The van der Waals surface area contributed by atoms with E-state index in [0.29, 0.717) is 30.1 Å². The summed E-state index contributed by atoms with van der Waals surface area (Å²) in [4.78, 5) is 27.5. The van der Waals surface area contributed by atoms with Crippen LogP contribution < -0.4 is 10.6 Å². The molecule has 1 saturated heterocycles. The second kappa shape index (κ2) is 15.0. The lowest BCUT2D eigenvalue weighted by Gasteiger charge is -2.35. The van der Waals surface area contributed by atoms with E-state index in [0.717, 1.165) is 56.3 Å². The van der Waals surface area contributed by atoms with E-state index >= 15 is 0 Å². The molecule has 1 aliphatic heterocycles. The molecule has 1 fully saturated rings. The van der Waals surface area contributed by atoms with Crippen molar-refractivity contribution < 1.29 is 9.59 Å². The zero-order chi connectivity index (χ0) is 26.6. The van der Waals surface area contributed by atoms with E-state index in [4.69, 9.17) is 11.6 Å². The summed E-state index contributed by atoms with van der Waals surface area (Å²) in [6.45, 7) is 15.1. The van der Waals surface area contributed by atoms with Crippen molar-refractivity contribution in [2.75, 3.05) is 19.6 Å². The fourth-order valence-electron chi connectivity index (χ4n) is 4.52. The zero-order valence-corrected chi connectivity index (χ0v) is 23.3. The van der Waals surface area contributed by atoms with Gasteiger partial charge in [0.2, 0.25) is 5.91 Å². The summed E-state index contributed by atoms with van der Waals surface area (Å²) in [7, 11) is 0. The van der Waals surface area contributed by atoms with Crippen molar-refractivity contribution in [3.05, 3.63) is 70.8 Å². The molecule has 1 atom stereocenters. The average Bonchev–Trinajstić information content (AvgIpc) is 2.82. The maximum atomic E-state index is 12.8. The third-order valence-corrected chi connectivity index (χ3v) is 6.74. The topological polar surface area (TPSA) is 61.4 Å². The van der Waals surface area contributed by atoms with Crippen molar-refractivity contribution in [2.24, 2.45) is 0 Å². The van der Waals surface area contributed by atoms with Crippen LogP contribution in [-0.4, -0.2) is 42.4 Å². The van der Waals surface area contributed by atoms with E-state index < -0.39 is 0 Å². The number of rotatable bonds is 12. The summed E-state index contributed by atoms with van der Waals surface area (Å²) in [5.74, 6) is 0.0146. The maximum Gasteiger partial charge on any atom is 0.251 e. The molecule has 0 aromatic heterocycles. The molecule has 2 amide bonds. The van der Waals surface area contributed by atoms with E-state index in [-0.39, 0.29) is 23.3 Å². The van der Waals surface area contributed by atoms with E-state index in [1.807, 2.05) is 30.4 Å². The Kier molecular flexibility index (Phi) is 12.5. The number of likely N-dealkylation sites (tertiary alicyclic amines) is 1. The smallest absolute Gasteiger partial charge is 0.251 e. The first kappa shape index (κ1) is 29.9. The highest BCUT2D eigenvalue weighted by molar-refractivity contribution is 6.31. The van der Waals surface area contributed by atoms with Gasteiger partial charge in [-0.2, -0.15) is 0 Å². The molecule has 5 nitrogen and oxygen atoms in total. The molecule has 0 saturated carbocycles. The van der Waals surface area contributed by atoms with Gasteiger partial charge in [0.05, 0.1) is 0 Å². The Morgan fingerprint density at radius 2 is 1.97 bits per heavy atom. The average molecular weight is 514 g/mol. The van der Waals surface area contributed by atoms with E-state index in [1.165, 1.54) is 0 Å². The summed E-state index contributed by atoms with van der Waals surface area (Å²) in [6.07, 6.45) is 15.0. The Labute approximate surface area is 223 Å². The van der Waals surface area contributed by atoms with Crippen LogP contribution in [0.25, 0.3) is 0 Å². The number of allylic oxidation sites excluding steroid dienone is 4. The fraction of sp³-hybridized carbons (Fsp3) is 0.533. The normalized spacial score (nSPS) is 17.0. The Hall–Kier alpha value is -2.37. The number of hydrogen-bond donors (Lipinski definition) is 2.